The minimum Gasteiger partial charge on any atom is -0.486 e. The Morgan fingerprint density at radius 1 is 1.18 bits per heavy atom. The summed E-state index contributed by atoms with van der Waals surface area (Å²) in [6.45, 7) is 4.20. The van der Waals surface area contributed by atoms with Crippen LogP contribution in [0.5, 0.6) is 5.75 Å². The van der Waals surface area contributed by atoms with Crippen LogP contribution in [0.3, 0.4) is 0 Å². The van der Waals surface area contributed by atoms with E-state index in [1.54, 1.807) is 11.6 Å². The number of fused-ring (bicyclic) bond motifs is 1. The molecule has 1 aromatic carbocycles. The lowest BCUT2D eigenvalue weighted by molar-refractivity contribution is 0.0992. The van der Waals surface area contributed by atoms with Crippen LogP contribution in [-0.2, 0) is 13.2 Å². The molecule has 0 saturated heterocycles. The molecule has 0 spiro atoms. The van der Waals surface area contributed by atoms with Gasteiger partial charge in [-0.3, -0.25) is 14.3 Å². The van der Waals surface area contributed by atoms with Gasteiger partial charge in [0.15, 0.2) is 5.76 Å². The monoisotopic (exact) mass is 569 g/mol. The summed E-state index contributed by atoms with van der Waals surface area (Å²) in [6.07, 6.45) is -1.34. The first-order valence-electron chi connectivity index (χ1n) is 12.0. The summed E-state index contributed by atoms with van der Waals surface area (Å²) in [5, 5.41) is 7.25. The van der Waals surface area contributed by atoms with E-state index in [4.69, 9.17) is 14.9 Å². The molecule has 0 aliphatic heterocycles. The Labute approximate surface area is 229 Å². The van der Waals surface area contributed by atoms with Crippen molar-refractivity contribution in [1.82, 2.24) is 14.8 Å². The Hall–Kier alpha value is -4.65. The summed E-state index contributed by atoms with van der Waals surface area (Å²) < 4.78 is 53.5. The number of nitrogens with two attached hydrogens (primary N) is 1. The normalized spacial score (nSPS) is 11.3. The first-order valence-corrected chi connectivity index (χ1v) is 12.8. The van der Waals surface area contributed by atoms with Crippen LogP contribution in [0.4, 0.5) is 18.9 Å². The lowest BCUT2D eigenvalue weighted by atomic mass is 10.0. The number of hydrogen-bond donors (Lipinski definition) is 2. The molecule has 206 valence electrons. The summed E-state index contributed by atoms with van der Waals surface area (Å²) >= 11 is 0.802. The fourth-order valence-corrected chi connectivity index (χ4v) is 5.22. The summed E-state index contributed by atoms with van der Waals surface area (Å²) in [5.41, 5.74) is 6.72. The van der Waals surface area contributed by atoms with Crippen molar-refractivity contribution in [2.45, 2.75) is 33.4 Å². The molecule has 40 heavy (non-hydrogen) atoms. The van der Waals surface area contributed by atoms with E-state index >= 15 is 0 Å². The number of ether oxygens (including phenoxy) is 1. The average molecular weight is 570 g/mol. The average Bonchev–Trinajstić information content (AvgIpc) is 3.65. The zero-order valence-electron chi connectivity index (χ0n) is 21.2. The Bertz CT molecular complexity index is 1730. The molecule has 5 aromatic rings. The van der Waals surface area contributed by atoms with Crippen LogP contribution in [0.15, 0.2) is 53.1 Å². The van der Waals surface area contributed by atoms with Crippen LogP contribution in [0.25, 0.3) is 21.3 Å². The molecule has 2 amide bonds. The molecule has 5 rings (SSSR count). The molecule has 0 radical (unpaired) electrons. The van der Waals surface area contributed by atoms with Crippen LogP contribution in [0.2, 0.25) is 0 Å². The Balaban J connectivity index is 1.52. The number of rotatable bonds is 9. The van der Waals surface area contributed by atoms with E-state index in [1.165, 1.54) is 48.7 Å². The molecular weight excluding hydrogens is 547 g/mol. The van der Waals surface area contributed by atoms with Gasteiger partial charge in [0.2, 0.25) is 0 Å². The van der Waals surface area contributed by atoms with Gasteiger partial charge in [0.25, 0.3) is 18.2 Å². The number of benzene rings is 1. The van der Waals surface area contributed by atoms with Crippen LogP contribution in [0, 0.1) is 12.7 Å². The van der Waals surface area contributed by atoms with Gasteiger partial charge < -0.3 is 20.2 Å². The number of aromatic nitrogens is 3. The SMILES string of the molecule is CCn1ncc(-c2cc(C(F)F)nc3sc(C(N)=O)c(NC(=O)c4ccc(COc5ccc(F)cc5)o4)c23)c1C. The Morgan fingerprint density at radius 2 is 1.93 bits per heavy atom. The molecule has 3 N–H and O–H groups in total. The number of anilines is 1. The predicted molar refractivity (Wildman–Crippen MR) is 142 cm³/mol. The standard InChI is InChI=1S/C27H22F3N5O4S/c1-3-35-13(2)18(11-32-35)17-10-19(24(29)30)33-27-21(17)22(23(40-27)25(31)36)34-26(37)20-9-8-16(39-20)12-38-15-6-4-14(28)5-7-15/h4-11,24H,3,12H2,1-2H3,(H2,31,36)(H,34,37). The minimum atomic E-state index is -2.87. The largest absolute Gasteiger partial charge is 0.486 e. The molecule has 0 bridgehead atoms. The third-order valence-corrected chi connectivity index (χ3v) is 7.24. The second-order valence-electron chi connectivity index (χ2n) is 8.67. The van der Waals surface area contributed by atoms with Gasteiger partial charge in [-0.15, -0.1) is 11.3 Å². The molecule has 4 aromatic heterocycles. The summed E-state index contributed by atoms with van der Waals surface area (Å²) in [4.78, 5) is 29.7. The fraction of sp³-hybridized carbons (Fsp3) is 0.185. The second kappa shape index (κ2) is 10.8. The topological polar surface area (TPSA) is 125 Å². The highest BCUT2D eigenvalue weighted by Crippen LogP contribution is 2.43. The van der Waals surface area contributed by atoms with E-state index in [1.807, 2.05) is 6.92 Å². The molecule has 0 saturated carbocycles. The van der Waals surface area contributed by atoms with E-state index in [0.29, 0.717) is 34.9 Å². The number of furan rings is 1. The zero-order chi connectivity index (χ0) is 28.6. The minimum absolute atomic E-state index is 0.0298. The van der Waals surface area contributed by atoms with Gasteiger partial charge in [0, 0.05) is 23.2 Å². The summed E-state index contributed by atoms with van der Waals surface area (Å²) in [5.74, 6) is -1.35. The summed E-state index contributed by atoms with van der Waals surface area (Å²) in [6, 6.07) is 9.58. The van der Waals surface area contributed by atoms with Crippen molar-refractivity contribution in [3.8, 4) is 16.9 Å². The van der Waals surface area contributed by atoms with Crippen molar-refractivity contribution in [1.29, 1.82) is 0 Å². The van der Waals surface area contributed by atoms with Crippen molar-refractivity contribution in [3.05, 3.63) is 82.3 Å². The molecular formula is C27H22F3N5O4S. The number of pyridine rings is 1. The third kappa shape index (κ3) is 5.15. The lowest BCUT2D eigenvalue weighted by Gasteiger charge is -2.10. The van der Waals surface area contributed by atoms with Crippen molar-refractivity contribution in [2.75, 3.05) is 5.32 Å². The third-order valence-electron chi connectivity index (χ3n) is 6.14. The number of carbonyl (C=O) groups is 2. The van der Waals surface area contributed by atoms with E-state index in [-0.39, 0.29) is 33.1 Å². The van der Waals surface area contributed by atoms with Crippen LogP contribution in [-0.4, -0.2) is 26.6 Å². The highest BCUT2D eigenvalue weighted by molar-refractivity contribution is 7.21. The van der Waals surface area contributed by atoms with Crippen molar-refractivity contribution in [2.24, 2.45) is 5.73 Å². The second-order valence-corrected chi connectivity index (χ2v) is 9.67. The fourth-order valence-electron chi connectivity index (χ4n) is 4.20. The van der Waals surface area contributed by atoms with E-state index in [2.05, 4.69) is 15.4 Å². The number of aryl methyl sites for hydroxylation is 1. The maximum Gasteiger partial charge on any atom is 0.291 e. The molecule has 13 heteroatoms. The first-order chi connectivity index (χ1) is 19.2. The number of thiophene rings is 1. The van der Waals surface area contributed by atoms with Crippen LogP contribution in [0.1, 0.15) is 50.7 Å². The maximum absolute atomic E-state index is 13.8. The smallest absolute Gasteiger partial charge is 0.291 e. The Kier molecular flexibility index (Phi) is 7.30. The lowest BCUT2D eigenvalue weighted by Crippen LogP contribution is -2.16. The van der Waals surface area contributed by atoms with Gasteiger partial charge in [0.05, 0.1) is 11.9 Å². The van der Waals surface area contributed by atoms with Crippen molar-refractivity contribution >= 4 is 39.1 Å². The maximum atomic E-state index is 13.8. The Morgan fingerprint density at radius 3 is 2.58 bits per heavy atom. The molecule has 0 atom stereocenters. The van der Waals surface area contributed by atoms with Crippen molar-refractivity contribution in [3.63, 3.8) is 0 Å². The quantitative estimate of drug-likeness (QED) is 0.221. The molecule has 9 nitrogen and oxygen atoms in total. The molecule has 0 unspecified atom stereocenters. The number of halogens is 3. The van der Waals surface area contributed by atoms with Crippen LogP contribution < -0.4 is 15.8 Å². The van der Waals surface area contributed by atoms with Gasteiger partial charge in [-0.05, 0) is 61.9 Å². The van der Waals surface area contributed by atoms with Gasteiger partial charge in [0.1, 0.15) is 39.3 Å². The number of nitrogens with zero attached hydrogens (tertiary/aromatic N) is 3. The summed E-state index contributed by atoms with van der Waals surface area (Å²) in [7, 11) is 0. The van der Waals surface area contributed by atoms with Crippen LogP contribution >= 0.6 is 11.3 Å². The van der Waals surface area contributed by atoms with E-state index < -0.39 is 29.8 Å². The molecule has 0 aliphatic carbocycles. The van der Waals surface area contributed by atoms with Gasteiger partial charge in [-0.25, -0.2) is 18.2 Å². The first kappa shape index (κ1) is 26.9. The predicted octanol–water partition coefficient (Wildman–Crippen LogP) is 6.09. The van der Waals surface area contributed by atoms with Gasteiger partial charge in [-0.1, -0.05) is 0 Å². The van der Waals surface area contributed by atoms with Gasteiger partial charge in [-0.2, -0.15) is 5.10 Å². The number of primary amides is 1. The number of carbonyl (C=O) groups excluding carboxylic acids is 2. The number of alkyl halides is 2. The highest BCUT2D eigenvalue weighted by atomic mass is 32.1. The zero-order valence-corrected chi connectivity index (χ0v) is 22.0. The van der Waals surface area contributed by atoms with Crippen molar-refractivity contribution < 1.29 is 31.9 Å². The molecule has 0 fully saturated rings. The molecule has 0 aliphatic rings. The van der Waals surface area contributed by atoms with E-state index in [0.717, 1.165) is 11.3 Å². The van der Waals surface area contributed by atoms with E-state index in [9.17, 15) is 22.8 Å². The highest BCUT2D eigenvalue weighted by Gasteiger charge is 2.27. The van der Waals surface area contributed by atoms with Gasteiger partial charge >= 0.3 is 0 Å². The number of nitrogens with one attached hydrogen (secondary N) is 1. The number of hydrogen-bond acceptors (Lipinski definition) is 7. The molecule has 4 heterocycles. The number of amides is 2.